The molecule has 1 saturated carbocycles. The minimum absolute atomic E-state index is 0.143. The third-order valence-corrected chi connectivity index (χ3v) is 5.65. The standard InChI is InChI=1S/C24H25NO3/c1-15-10-16(2)12-20(11-15)25-23(26)22(18-6-4-3-5-7-18)28-24(27)21-14-17-8-9-19(21)13-17/h3-12,17,19,21-22H,13-14H2,1-2H3,(H,25,26)/t17-,19-,21+,22-/m0/s1. The fraction of sp³-hybridized carbons (Fsp3) is 0.333. The van der Waals surface area contributed by atoms with Crippen LogP contribution in [0.3, 0.4) is 0 Å². The molecule has 0 saturated heterocycles. The summed E-state index contributed by atoms with van der Waals surface area (Å²) in [5, 5.41) is 2.92. The smallest absolute Gasteiger partial charge is 0.310 e. The molecule has 28 heavy (non-hydrogen) atoms. The van der Waals surface area contributed by atoms with E-state index in [9.17, 15) is 9.59 Å². The molecular formula is C24H25NO3. The number of carbonyl (C=O) groups is 2. The summed E-state index contributed by atoms with van der Waals surface area (Å²) in [4.78, 5) is 25.9. The number of hydrogen-bond donors (Lipinski definition) is 1. The van der Waals surface area contributed by atoms with E-state index in [4.69, 9.17) is 4.74 Å². The molecule has 0 unspecified atom stereocenters. The molecule has 2 aliphatic carbocycles. The van der Waals surface area contributed by atoms with Crippen molar-refractivity contribution in [3.63, 3.8) is 0 Å². The van der Waals surface area contributed by atoms with Gasteiger partial charge >= 0.3 is 5.97 Å². The zero-order chi connectivity index (χ0) is 19.7. The number of hydrogen-bond acceptors (Lipinski definition) is 3. The molecule has 0 spiro atoms. The zero-order valence-corrected chi connectivity index (χ0v) is 16.2. The lowest BCUT2D eigenvalue weighted by Crippen LogP contribution is -2.30. The molecule has 144 valence electrons. The van der Waals surface area contributed by atoms with E-state index in [1.54, 1.807) is 0 Å². The van der Waals surface area contributed by atoms with Crippen molar-refractivity contribution in [3.05, 3.63) is 77.4 Å². The average molecular weight is 375 g/mol. The van der Waals surface area contributed by atoms with Gasteiger partial charge in [0.25, 0.3) is 5.91 Å². The number of aryl methyl sites for hydroxylation is 2. The van der Waals surface area contributed by atoms with Crippen molar-refractivity contribution in [2.75, 3.05) is 5.32 Å². The molecule has 0 heterocycles. The molecule has 4 heteroatoms. The molecule has 1 amide bonds. The molecule has 1 fully saturated rings. The van der Waals surface area contributed by atoms with Crippen LogP contribution >= 0.6 is 0 Å². The first-order chi connectivity index (χ1) is 13.5. The Kier molecular flexibility index (Phi) is 5.03. The number of esters is 1. The maximum atomic E-state index is 13.0. The predicted molar refractivity (Wildman–Crippen MR) is 109 cm³/mol. The van der Waals surface area contributed by atoms with Gasteiger partial charge in [-0.2, -0.15) is 0 Å². The summed E-state index contributed by atoms with van der Waals surface area (Å²) in [7, 11) is 0. The van der Waals surface area contributed by atoms with Gasteiger partial charge in [-0.15, -0.1) is 0 Å². The molecule has 2 aromatic carbocycles. The van der Waals surface area contributed by atoms with Crippen LogP contribution < -0.4 is 5.32 Å². The molecule has 4 rings (SSSR count). The second-order valence-corrected chi connectivity index (χ2v) is 7.98. The van der Waals surface area contributed by atoms with Crippen LogP contribution in [-0.4, -0.2) is 11.9 Å². The Balaban J connectivity index is 1.54. The average Bonchev–Trinajstić information content (AvgIpc) is 3.29. The van der Waals surface area contributed by atoms with Gasteiger partial charge in [0.1, 0.15) is 0 Å². The largest absolute Gasteiger partial charge is 0.447 e. The van der Waals surface area contributed by atoms with Crippen LogP contribution in [0.4, 0.5) is 5.69 Å². The van der Waals surface area contributed by atoms with Gasteiger partial charge in [0, 0.05) is 11.3 Å². The molecule has 0 aliphatic heterocycles. The van der Waals surface area contributed by atoms with Gasteiger partial charge in [0.2, 0.25) is 6.10 Å². The molecule has 1 N–H and O–H groups in total. The third-order valence-electron chi connectivity index (χ3n) is 5.65. The minimum atomic E-state index is -0.961. The van der Waals surface area contributed by atoms with Crippen molar-refractivity contribution in [2.45, 2.75) is 32.8 Å². The first-order valence-electron chi connectivity index (χ1n) is 9.82. The van der Waals surface area contributed by atoms with E-state index in [-0.39, 0.29) is 23.7 Å². The summed E-state index contributed by atoms with van der Waals surface area (Å²) in [5.74, 6) is -0.0296. The van der Waals surface area contributed by atoms with E-state index in [1.165, 1.54) is 0 Å². The number of ether oxygens (including phenoxy) is 1. The quantitative estimate of drug-likeness (QED) is 0.607. The monoisotopic (exact) mass is 375 g/mol. The Hall–Kier alpha value is -2.88. The number of allylic oxidation sites excluding steroid dienone is 2. The topological polar surface area (TPSA) is 55.4 Å². The molecule has 2 aliphatic rings. The first kappa shape index (κ1) is 18.5. The summed E-state index contributed by atoms with van der Waals surface area (Å²) in [6, 6.07) is 15.1. The number of benzene rings is 2. The maximum Gasteiger partial charge on any atom is 0.310 e. The molecule has 2 aromatic rings. The lowest BCUT2D eigenvalue weighted by Gasteiger charge is -2.22. The van der Waals surface area contributed by atoms with Gasteiger partial charge < -0.3 is 10.1 Å². The van der Waals surface area contributed by atoms with Crippen molar-refractivity contribution in [1.82, 2.24) is 0 Å². The van der Waals surface area contributed by atoms with Crippen LogP contribution in [0.25, 0.3) is 0 Å². The summed E-state index contributed by atoms with van der Waals surface area (Å²) in [5.41, 5.74) is 3.52. The van der Waals surface area contributed by atoms with E-state index in [2.05, 4.69) is 17.5 Å². The Bertz CT molecular complexity index is 898. The number of amides is 1. The van der Waals surface area contributed by atoms with Crippen molar-refractivity contribution in [2.24, 2.45) is 17.8 Å². The van der Waals surface area contributed by atoms with Crippen LogP contribution in [0, 0.1) is 31.6 Å². The van der Waals surface area contributed by atoms with Crippen LogP contribution in [0.2, 0.25) is 0 Å². The van der Waals surface area contributed by atoms with Gasteiger partial charge in [0.15, 0.2) is 0 Å². The van der Waals surface area contributed by atoms with Crippen molar-refractivity contribution in [3.8, 4) is 0 Å². The summed E-state index contributed by atoms with van der Waals surface area (Å²) in [6.07, 6.45) is 5.19. The molecule has 4 nitrogen and oxygen atoms in total. The van der Waals surface area contributed by atoms with Gasteiger partial charge in [-0.05, 0) is 61.8 Å². The molecule has 4 atom stereocenters. The Labute approximate surface area is 165 Å². The van der Waals surface area contributed by atoms with Crippen molar-refractivity contribution >= 4 is 17.6 Å². The van der Waals surface area contributed by atoms with Gasteiger partial charge in [-0.1, -0.05) is 48.6 Å². The summed E-state index contributed by atoms with van der Waals surface area (Å²) in [6.45, 7) is 3.97. The molecular weight excluding hydrogens is 350 g/mol. The summed E-state index contributed by atoms with van der Waals surface area (Å²) >= 11 is 0. The normalized spacial score (nSPS) is 23.4. The highest BCUT2D eigenvalue weighted by Gasteiger charge is 2.42. The minimum Gasteiger partial charge on any atom is -0.447 e. The second kappa shape index (κ2) is 7.63. The maximum absolute atomic E-state index is 13.0. The first-order valence-corrected chi connectivity index (χ1v) is 9.82. The van der Waals surface area contributed by atoms with Crippen molar-refractivity contribution < 1.29 is 14.3 Å². The number of rotatable bonds is 5. The van der Waals surface area contributed by atoms with Gasteiger partial charge in [-0.3, -0.25) is 9.59 Å². The summed E-state index contributed by atoms with van der Waals surface area (Å²) < 4.78 is 5.78. The van der Waals surface area contributed by atoms with E-state index in [1.807, 2.05) is 62.4 Å². The zero-order valence-electron chi connectivity index (χ0n) is 16.2. The lowest BCUT2D eigenvalue weighted by atomic mass is 9.93. The van der Waals surface area contributed by atoms with Gasteiger partial charge in [-0.25, -0.2) is 0 Å². The Morgan fingerprint density at radius 1 is 1.00 bits per heavy atom. The molecule has 0 aromatic heterocycles. The molecule has 0 radical (unpaired) electrons. The number of nitrogens with one attached hydrogen (secondary N) is 1. The van der Waals surface area contributed by atoms with Crippen LogP contribution in [0.15, 0.2) is 60.7 Å². The van der Waals surface area contributed by atoms with E-state index in [0.717, 1.165) is 24.0 Å². The predicted octanol–water partition coefficient (Wildman–Crippen LogP) is 4.74. The fourth-order valence-corrected chi connectivity index (χ4v) is 4.41. The Morgan fingerprint density at radius 3 is 2.32 bits per heavy atom. The highest BCUT2D eigenvalue weighted by Crippen LogP contribution is 2.44. The Morgan fingerprint density at radius 2 is 1.71 bits per heavy atom. The SMILES string of the molecule is Cc1cc(C)cc(NC(=O)[C@@H](OC(=O)[C@@H]2C[C@H]3C=C[C@H]2C3)c2ccccc2)c1. The van der Waals surface area contributed by atoms with Crippen LogP contribution in [-0.2, 0) is 14.3 Å². The highest BCUT2D eigenvalue weighted by atomic mass is 16.5. The van der Waals surface area contributed by atoms with Gasteiger partial charge in [0.05, 0.1) is 5.92 Å². The fourth-order valence-electron chi connectivity index (χ4n) is 4.41. The second-order valence-electron chi connectivity index (χ2n) is 7.98. The molecule has 2 bridgehead atoms. The van der Waals surface area contributed by atoms with Crippen LogP contribution in [0.5, 0.6) is 0 Å². The number of fused-ring (bicyclic) bond motifs is 2. The lowest BCUT2D eigenvalue weighted by molar-refractivity contribution is -0.159. The van der Waals surface area contributed by atoms with E-state index in [0.29, 0.717) is 17.2 Å². The highest BCUT2D eigenvalue weighted by molar-refractivity contribution is 5.96. The van der Waals surface area contributed by atoms with E-state index < -0.39 is 6.10 Å². The van der Waals surface area contributed by atoms with Crippen molar-refractivity contribution in [1.29, 1.82) is 0 Å². The van der Waals surface area contributed by atoms with Crippen LogP contribution in [0.1, 0.15) is 35.6 Å². The number of carbonyl (C=O) groups excluding carboxylic acids is 2. The number of anilines is 1. The third kappa shape index (κ3) is 3.86. The van der Waals surface area contributed by atoms with E-state index >= 15 is 0 Å².